The fourth-order valence-corrected chi connectivity index (χ4v) is 2.48. The number of hydrogen-bond acceptors (Lipinski definition) is 5. The molecule has 2 aromatic rings. The Hall–Kier alpha value is -1.79. The van der Waals surface area contributed by atoms with Crippen LogP contribution in [0.2, 0.25) is 0 Å². The molecule has 0 aliphatic carbocycles. The first-order valence-electron chi connectivity index (χ1n) is 6.54. The van der Waals surface area contributed by atoms with Gasteiger partial charge in [-0.2, -0.15) is 0 Å². The largest absolute Gasteiger partial charge is 0.330 e. The molecule has 1 amide bonds. The molecule has 1 aromatic carbocycles. The number of carbonyl (C=O) groups excluding carboxylic acids is 1. The molecule has 1 aromatic heterocycles. The second kappa shape index (κ2) is 6.58. The smallest absolute Gasteiger partial charge is 0.227 e. The zero-order valence-corrected chi connectivity index (χ0v) is 12.4. The quantitative estimate of drug-likeness (QED) is 0.887. The van der Waals surface area contributed by atoms with Gasteiger partial charge < -0.3 is 11.1 Å². The van der Waals surface area contributed by atoms with Crippen LogP contribution in [-0.2, 0) is 4.79 Å². The van der Waals surface area contributed by atoms with Gasteiger partial charge in [0, 0.05) is 18.5 Å². The van der Waals surface area contributed by atoms with Gasteiger partial charge in [-0.25, -0.2) is 0 Å². The van der Waals surface area contributed by atoms with Crippen molar-refractivity contribution in [1.29, 1.82) is 0 Å². The van der Waals surface area contributed by atoms with Gasteiger partial charge in [0.2, 0.25) is 11.0 Å². The van der Waals surface area contributed by atoms with E-state index in [0.29, 0.717) is 17.6 Å². The first kappa shape index (κ1) is 14.6. The van der Waals surface area contributed by atoms with Gasteiger partial charge >= 0.3 is 0 Å². The molecular formula is C14H18N4OS. The first-order valence-corrected chi connectivity index (χ1v) is 7.35. The van der Waals surface area contributed by atoms with Gasteiger partial charge in [-0.1, -0.05) is 49.4 Å². The van der Waals surface area contributed by atoms with Gasteiger partial charge in [-0.05, 0) is 11.5 Å². The Kier molecular flexibility index (Phi) is 4.81. The Labute approximate surface area is 122 Å². The molecule has 5 nitrogen and oxygen atoms in total. The van der Waals surface area contributed by atoms with E-state index in [1.807, 2.05) is 12.1 Å². The summed E-state index contributed by atoms with van der Waals surface area (Å²) < 4.78 is 0. The number of rotatable bonds is 5. The van der Waals surface area contributed by atoms with E-state index in [1.165, 1.54) is 16.9 Å². The maximum atomic E-state index is 11.4. The second-order valence-electron chi connectivity index (χ2n) is 4.78. The number of nitrogens with two attached hydrogens (primary N) is 1. The minimum atomic E-state index is -0.134. The highest BCUT2D eigenvalue weighted by atomic mass is 32.1. The lowest BCUT2D eigenvalue weighted by Crippen LogP contribution is -2.15. The third-order valence-electron chi connectivity index (χ3n) is 2.87. The first-order chi connectivity index (χ1) is 9.60. The number of anilines is 1. The molecule has 20 heavy (non-hydrogen) atoms. The van der Waals surface area contributed by atoms with Gasteiger partial charge in [-0.3, -0.25) is 4.79 Å². The maximum absolute atomic E-state index is 11.4. The van der Waals surface area contributed by atoms with Crippen LogP contribution in [0.15, 0.2) is 24.3 Å². The van der Waals surface area contributed by atoms with Crippen molar-refractivity contribution in [3.8, 4) is 10.6 Å². The van der Waals surface area contributed by atoms with Gasteiger partial charge in [0.25, 0.3) is 0 Å². The predicted octanol–water partition coefficient (Wildman–Crippen LogP) is 2.62. The average molecular weight is 290 g/mol. The predicted molar refractivity (Wildman–Crippen MR) is 81.7 cm³/mol. The van der Waals surface area contributed by atoms with E-state index in [-0.39, 0.29) is 12.3 Å². The molecular weight excluding hydrogens is 272 g/mol. The van der Waals surface area contributed by atoms with Crippen molar-refractivity contribution in [1.82, 2.24) is 10.2 Å². The van der Waals surface area contributed by atoms with Gasteiger partial charge in [0.05, 0.1) is 0 Å². The Bertz CT molecular complexity index is 577. The highest BCUT2D eigenvalue weighted by Gasteiger charge is 2.09. The fraction of sp³-hybridized carbons (Fsp3) is 0.357. The van der Waals surface area contributed by atoms with E-state index in [2.05, 4.69) is 41.5 Å². The number of hydrogen-bond donors (Lipinski definition) is 2. The molecule has 0 bridgehead atoms. The van der Waals surface area contributed by atoms with Crippen LogP contribution in [0.3, 0.4) is 0 Å². The van der Waals surface area contributed by atoms with Crippen molar-refractivity contribution in [2.75, 3.05) is 11.9 Å². The summed E-state index contributed by atoms with van der Waals surface area (Å²) in [6.45, 7) is 4.64. The van der Waals surface area contributed by atoms with Crippen molar-refractivity contribution in [2.24, 2.45) is 5.73 Å². The summed E-state index contributed by atoms with van der Waals surface area (Å²) in [6.07, 6.45) is 0.290. The van der Waals surface area contributed by atoms with Crippen LogP contribution in [-0.4, -0.2) is 22.6 Å². The van der Waals surface area contributed by atoms with Crippen LogP contribution in [0.4, 0.5) is 5.13 Å². The molecule has 0 aliphatic rings. The van der Waals surface area contributed by atoms with Crippen LogP contribution >= 0.6 is 11.3 Å². The Balaban J connectivity index is 2.10. The number of nitrogens with zero attached hydrogens (tertiary/aromatic N) is 2. The average Bonchev–Trinajstić information content (AvgIpc) is 2.87. The van der Waals surface area contributed by atoms with Crippen LogP contribution in [0.25, 0.3) is 10.6 Å². The molecule has 0 saturated carbocycles. The third-order valence-corrected chi connectivity index (χ3v) is 3.75. The molecule has 0 saturated heterocycles. The maximum Gasteiger partial charge on any atom is 0.227 e. The Morgan fingerprint density at radius 2 is 2.00 bits per heavy atom. The van der Waals surface area contributed by atoms with Crippen LogP contribution in [0, 0.1) is 0 Å². The SMILES string of the molecule is CC(C)c1ccc(-c2nnc(NC(=O)CCN)s2)cc1. The number of benzene rings is 1. The Morgan fingerprint density at radius 3 is 2.60 bits per heavy atom. The molecule has 1 heterocycles. The molecule has 0 atom stereocenters. The molecule has 0 radical (unpaired) electrons. The molecule has 3 N–H and O–H groups in total. The van der Waals surface area contributed by atoms with Crippen LogP contribution in [0.1, 0.15) is 31.7 Å². The number of amides is 1. The minimum Gasteiger partial charge on any atom is -0.330 e. The lowest BCUT2D eigenvalue weighted by molar-refractivity contribution is -0.116. The fourth-order valence-electron chi connectivity index (χ4n) is 1.71. The van der Waals surface area contributed by atoms with E-state index in [9.17, 15) is 4.79 Å². The van der Waals surface area contributed by atoms with Crippen molar-refractivity contribution < 1.29 is 4.79 Å². The van der Waals surface area contributed by atoms with E-state index in [0.717, 1.165) is 10.6 Å². The molecule has 0 aliphatic heterocycles. The zero-order valence-electron chi connectivity index (χ0n) is 11.6. The summed E-state index contributed by atoms with van der Waals surface area (Å²) in [6, 6.07) is 8.24. The molecule has 2 rings (SSSR count). The van der Waals surface area contributed by atoms with E-state index in [1.54, 1.807) is 0 Å². The van der Waals surface area contributed by atoms with E-state index < -0.39 is 0 Å². The zero-order chi connectivity index (χ0) is 14.5. The van der Waals surface area contributed by atoms with Crippen molar-refractivity contribution in [3.63, 3.8) is 0 Å². The topological polar surface area (TPSA) is 80.9 Å². The summed E-state index contributed by atoms with van der Waals surface area (Å²) in [5.74, 6) is 0.370. The lowest BCUT2D eigenvalue weighted by atomic mass is 10.0. The second-order valence-corrected chi connectivity index (χ2v) is 5.75. The van der Waals surface area contributed by atoms with Crippen LogP contribution in [0.5, 0.6) is 0 Å². The molecule has 0 spiro atoms. The highest BCUT2D eigenvalue weighted by molar-refractivity contribution is 7.18. The number of aromatic nitrogens is 2. The van der Waals surface area contributed by atoms with E-state index in [4.69, 9.17) is 5.73 Å². The third kappa shape index (κ3) is 3.61. The highest BCUT2D eigenvalue weighted by Crippen LogP contribution is 2.27. The summed E-state index contributed by atoms with van der Waals surface area (Å²) >= 11 is 1.36. The summed E-state index contributed by atoms with van der Waals surface area (Å²) in [7, 11) is 0. The van der Waals surface area contributed by atoms with Gasteiger partial charge in [-0.15, -0.1) is 10.2 Å². The summed E-state index contributed by atoms with van der Waals surface area (Å²) in [4.78, 5) is 11.4. The molecule has 0 unspecified atom stereocenters. The van der Waals surface area contributed by atoms with Crippen molar-refractivity contribution in [2.45, 2.75) is 26.2 Å². The summed E-state index contributed by atoms with van der Waals surface area (Å²) in [5, 5.41) is 12.1. The van der Waals surface area contributed by atoms with Gasteiger partial charge in [0.1, 0.15) is 5.01 Å². The molecule has 106 valence electrons. The number of nitrogens with one attached hydrogen (secondary N) is 1. The minimum absolute atomic E-state index is 0.134. The van der Waals surface area contributed by atoms with Crippen LogP contribution < -0.4 is 11.1 Å². The molecule has 0 fully saturated rings. The van der Waals surface area contributed by atoms with E-state index >= 15 is 0 Å². The van der Waals surface area contributed by atoms with Crippen molar-refractivity contribution in [3.05, 3.63) is 29.8 Å². The standard InChI is InChI=1S/C14H18N4OS/c1-9(2)10-3-5-11(6-4-10)13-17-18-14(20-13)16-12(19)7-8-15/h3-6,9H,7-8,15H2,1-2H3,(H,16,18,19). The summed E-state index contributed by atoms with van der Waals surface area (Å²) in [5.41, 5.74) is 7.62. The molecule has 6 heteroatoms. The number of carbonyl (C=O) groups is 1. The Morgan fingerprint density at radius 1 is 1.30 bits per heavy atom. The van der Waals surface area contributed by atoms with Crippen molar-refractivity contribution >= 4 is 22.4 Å². The van der Waals surface area contributed by atoms with Gasteiger partial charge in [0.15, 0.2) is 0 Å². The lowest BCUT2D eigenvalue weighted by Gasteiger charge is -2.04. The normalized spacial score (nSPS) is 10.8. The monoisotopic (exact) mass is 290 g/mol.